The lowest BCUT2D eigenvalue weighted by molar-refractivity contribution is 0.881. The first kappa shape index (κ1) is 13.4. The largest absolute Gasteiger partial charge is 0.373 e. The molecular weight excluding hydrogens is 234 g/mol. The van der Waals surface area contributed by atoms with Crippen molar-refractivity contribution in [1.29, 1.82) is 0 Å². The van der Waals surface area contributed by atoms with Gasteiger partial charge in [-0.15, -0.1) is 0 Å². The van der Waals surface area contributed by atoms with Gasteiger partial charge in [0.2, 0.25) is 0 Å². The fourth-order valence-corrected chi connectivity index (χ4v) is 2.27. The van der Waals surface area contributed by atoms with Gasteiger partial charge in [0.05, 0.1) is 12.2 Å². The number of anilines is 2. The van der Waals surface area contributed by atoms with Crippen molar-refractivity contribution >= 4 is 11.5 Å². The summed E-state index contributed by atoms with van der Waals surface area (Å²) in [4.78, 5) is 6.78. The fourth-order valence-electron chi connectivity index (χ4n) is 2.27. The van der Waals surface area contributed by atoms with Crippen molar-refractivity contribution in [3.63, 3.8) is 0 Å². The van der Waals surface area contributed by atoms with Crippen molar-refractivity contribution in [1.82, 2.24) is 4.98 Å². The molecule has 2 rings (SSSR count). The smallest absolute Gasteiger partial charge is 0.126 e. The molecule has 0 saturated heterocycles. The first-order chi connectivity index (χ1) is 9.10. The van der Waals surface area contributed by atoms with Crippen LogP contribution >= 0.6 is 0 Å². The second kappa shape index (κ2) is 5.74. The molecular formula is C16H21N3. The highest BCUT2D eigenvalue weighted by molar-refractivity contribution is 5.54. The highest BCUT2D eigenvalue weighted by Gasteiger charge is 2.06. The van der Waals surface area contributed by atoms with E-state index in [0.717, 1.165) is 18.1 Å². The molecule has 19 heavy (non-hydrogen) atoms. The molecule has 0 fully saturated rings. The van der Waals surface area contributed by atoms with E-state index in [4.69, 9.17) is 0 Å². The van der Waals surface area contributed by atoms with Gasteiger partial charge in [-0.2, -0.15) is 0 Å². The minimum atomic E-state index is 0.805. The van der Waals surface area contributed by atoms with E-state index in [1.165, 1.54) is 16.8 Å². The van der Waals surface area contributed by atoms with E-state index in [0.29, 0.717) is 0 Å². The summed E-state index contributed by atoms with van der Waals surface area (Å²) in [6.45, 7) is 5.07. The lowest BCUT2D eigenvalue weighted by Crippen LogP contribution is -2.18. The Kier molecular flexibility index (Phi) is 4.05. The number of benzene rings is 1. The first-order valence-corrected chi connectivity index (χ1v) is 6.52. The molecule has 0 unspecified atom stereocenters. The molecule has 1 N–H and O–H groups in total. The number of nitrogens with zero attached hydrogens (tertiary/aromatic N) is 2. The molecule has 3 nitrogen and oxygen atoms in total. The number of rotatable bonds is 4. The van der Waals surface area contributed by atoms with E-state index in [2.05, 4.69) is 60.4 Å². The summed E-state index contributed by atoms with van der Waals surface area (Å²) in [6.07, 6.45) is 0. The van der Waals surface area contributed by atoms with Crippen LogP contribution in [0.4, 0.5) is 11.5 Å². The summed E-state index contributed by atoms with van der Waals surface area (Å²) in [5.74, 6) is 0.909. The van der Waals surface area contributed by atoms with Crippen molar-refractivity contribution in [3.8, 4) is 0 Å². The molecule has 0 aliphatic heterocycles. The molecule has 0 spiro atoms. The molecule has 1 heterocycles. The van der Waals surface area contributed by atoms with Gasteiger partial charge < -0.3 is 10.2 Å². The molecule has 1 aromatic heterocycles. The summed E-state index contributed by atoms with van der Waals surface area (Å²) in [5.41, 5.74) is 4.91. The minimum absolute atomic E-state index is 0.805. The van der Waals surface area contributed by atoms with Crippen LogP contribution in [0.2, 0.25) is 0 Å². The Balaban J connectivity index is 2.17. The summed E-state index contributed by atoms with van der Waals surface area (Å²) in [6, 6.07) is 12.6. The van der Waals surface area contributed by atoms with Crippen LogP contribution in [0.25, 0.3) is 0 Å². The number of hydrogen-bond donors (Lipinski definition) is 1. The molecule has 1 aromatic carbocycles. The second-order valence-electron chi connectivity index (χ2n) is 4.91. The van der Waals surface area contributed by atoms with Crippen LogP contribution in [-0.2, 0) is 6.54 Å². The van der Waals surface area contributed by atoms with Crippen LogP contribution in [-0.4, -0.2) is 19.1 Å². The Morgan fingerprint density at radius 2 is 1.95 bits per heavy atom. The number of nitrogens with one attached hydrogen (secondary N) is 1. The monoisotopic (exact) mass is 255 g/mol. The Labute approximate surface area is 115 Å². The second-order valence-corrected chi connectivity index (χ2v) is 4.91. The lowest BCUT2D eigenvalue weighted by Gasteiger charge is -2.21. The van der Waals surface area contributed by atoms with E-state index >= 15 is 0 Å². The number of aromatic nitrogens is 1. The third-order valence-corrected chi connectivity index (χ3v) is 3.23. The van der Waals surface area contributed by atoms with Gasteiger partial charge in [-0.25, -0.2) is 4.98 Å². The topological polar surface area (TPSA) is 28.2 Å². The summed E-state index contributed by atoms with van der Waals surface area (Å²) in [7, 11) is 3.99. The maximum Gasteiger partial charge on any atom is 0.126 e. The maximum atomic E-state index is 4.55. The fraction of sp³-hybridized carbons (Fsp3) is 0.312. The van der Waals surface area contributed by atoms with Crippen LogP contribution in [0, 0.1) is 13.8 Å². The van der Waals surface area contributed by atoms with E-state index < -0.39 is 0 Å². The van der Waals surface area contributed by atoms with Crippen LogP contribution in [0.3, 0.4) is 0 Å². The minimum Gasteiger partial charge on any atom is -0.373 e. The normalized spacial score (nSPS) is 10.3. The van der Waals surface area contributed by atoms with Gasteiger partial charge in [-0.3, -0.25) is 0 Å². The molecule has 0 aliphatic rings. The molecule has 3 heteroatoms. The number of pyridine rings is 1. The van der Waals surface area contributed by atoms with Gasteiger partial charge in [0.25, 0.3) is 0 Å². The molecule has 0 bridgehead atoms. The Hall–Kier alpha value is -2.03. The van der Waals surface area contributed by atoms with Crippen LogP contribution < -0.4 is 10.2 Å². The van der Waals surface area contributed by atoms with E-state index in [1.807, 2.05) is 19.2 Å². The van der Waals surface area contributed by atoms with Gasteiger partial charge in [-0.1, -0.05) is 23.8 Å². The highest BCUT2D eigenvalue weighted by Crippen LogP contribution is 2.21. The summed E-state index contributed by atoms with van der Waals surface area (Å²) >= 11 is 0. The van der Waals surface area contributed by atoms with E-state index in [9.17, 15) is 0 Å². The van der Waals surface area contributed by atoms with Crippen molar-refractivity contribution in [2.24, 2.45) is 0 Å². The van der Waals surface area contributed by atoms with Crippen LogP contribution in [0.5, 0.6) is 0 Å². The highest BCUT2D eigenvalue weighted by atomic mass is 15.1. The van der Waals surface area contributed by atoms with Gasteiger partial charge in [-0.05, 0) is 37.6 Å². The van der Waals surface area contributed by atoms with Gasteiger partial charge in [0, 0.05) is 19.8 Å². The number of hydrogen-bond acceptors (Lipinski definition) is 3. The van der Waals surface area contributed by atoms with Crippen LogP contribution in [0.1, 0.15) is 16.8 Å². The molecule has 0 radical (unpaired) electrons. The third-order valence-electron chi connectivity index (χ3n) is 3.23. The van der Waals surface area contributed by atoms with Gasteiger partial charge in [0.1, 0.15) is 5.82 Å². The predicted octanol–water partition coefficient (Wildman–Crippen LogP) is 3.38. The van der Waals surface area contributed by atoms with Crippen molar-refractivity contribution in [2.75, 3.05) is 24.3 Å². The molecule has 100 valence electrons. The Morgan fingerprint density at radius 1 is 1.16 bits per heavy atom. The first-order valence-electron chi connectivity index (χ1n) is 6.52. The standard InChI is InChI=1S/C16H21N3/c1-12-8-9-15(13(2)10-12)19(4)11-14-6-5-7-16(17-3)18-14/h5-10H,11H2,1-4H3,(H,17,18). The summed E-state index contributed by atoms with van der Waals surface area (Å²) in [5, 5.41) is 3.07. The Bertz CT molecular complexity index is 564. The molecule has 0 amide bonds. The summed E-state index contributed by atoms with van der Waals surface area (Å²) < 4.78 is 0. The zero-order chi connectivity index (χ0) is 13.8. The van der Waals surface area contributed by atoms with Crippen LogP contribution in [0.15, 0.2) is 36.4 Å². The van der Waals surface area contributed by atoms with Crippen molar-refractivity contribution in [3.05, 3.63) is 53.2 Å². The van der Waals surface area contributed by atoms with Crippen molar-refractivity contribution in [2.45, 2.75) is 20.4 Å². The predicted molar refractivity (Wildman–Crippen MR) is 81.8 cm³/mol. The van der Waals surface area contributed by atoms with E-state index in [1.54, 1.807) is 0 Å². The molecule has 0 saturated carbocycles. The Morgan fingerprint density at radius 3 is 2.63 bits per heavy atom. The third kappa shape index (κ3) is 3.25. The van der Waals surface area contributed by atoms with Gasteiger partial charge in [0.15, 0.2) is 0 Å². The van der Waals surface area contributed by atoms with Gasteiger partial charge >= 0.3 is 0 Å². The SMILES string of the molecule is CNc1cccc(CN(C)c2ccc(C)cc2C)n1. The molecule has 0 aliphatic carbocycles. The quantitative estimate of drug-likeness (QED) is 0.907. The lowest BCUT2D eigenvalue weighted by atomic mass is 10.1. The zero-order valence-electron chi connectivity index (χ0n) is 12.1. The van der Waals surface area contributed by atoms with Crippen molar-refractivity contribution < 1.29 is 0 Å². The maximum absolute atomic E-state index is 4.55. The average molecular weight is 255 g/mol. The average Bonchev–Trinajstić information content (AvgIpc) is 2.38. The zero-order valence-corrected chi connectivity index (χ0v) is 12.1. The molecule has 0 atom stereocenters. The molecule has 2 aromatic rings. The number of aryl methyl sites for hydroxylation is 2. The van der Waals surface area contributed by atoms with E-state index in [-0.39, 0.29) is 0 Å².